The number of anilines is 2. The summed E-state index contributed by atoms with van der Waals surface area (Å²) in [5.74, 6) is -0.462. The molecular formula is C36H48N4O7S. The van der Waals surface area contributed by atoms with E-state index in [4.69, 9.17) is 13.9 Å². The summed E-state index contributed by atoms with van der Waals surface area (Å²) in [7, 11) is 0.210. The lowest BCUT2D eigenvalue weighted by atomic mass is 10.1. The standard InChI is InChI=1S/C36H48N4O7S/c1-5-40(6-2)28-18-17-27-25-31(36(42)47-33(27)26-28)35(41)37-19-11-23-45-21-7-8-22-46-24-12-20-38-48(43,44)34-16-10-13-29-30(34)14-9-15-32(29)39(3)4/h9-10,13-18,25-26,38H,5-8,11-12,19-24H2,1-4H3,(H,37,41). The highest BCUT2D eigenvalue weighted by Crippen LogP contribution is 2.30. The van der Waals surface area contributed by atoms with Gasteiger partial charge in [0.15, 0.2) is 0 Å². The highest BCUT2D eigenvalue weighted by Gasteiger charge is 2.18. The van der Waals surface area contributed by atoms with Gasteiger partial charge in [-0.05, 0) is 69.9 Å². The molecule has 4 rings (SSSR count). The Bertz CT molecular complexity index is 1820. The number of carbonyl (C=O) groups excluding carboxylic acids is 1. The quantitative estimate of drug-likeness (QED) is 0.0961. The van der Waals surface area contributed by atoms with Crippen LogP contribution < -0.4 is 25.5 Å². The van der Waals surface area contributed by atoms with Gasteiger partial charge < -0.3 is 29.0 Å². The third-order valence-electron chi connectivity index (χ3n) is 8.06. The molecule has 0 aliphatic heterocycles. The lowest BCUT2D eigenvalue weighted by Gasteiger charge is -2.21. The lowest BCUT2D eigenvalue weighted by Crippen LogP contribution is -2.29. The minimum atomic E-state index is -3.66. The van der Waals surface area contributed by atoms with E-state index in [-0.39, 0.29) is 17.0 Å². The first-order valence-corrected chi connectivity index (χ1v) is 18.1. The Balaban J connectivity index is 1.05. The van der Waals surface area contributed by atoms with Crippen LogP contribution in [0.2, 0.25) is 0 Å². The fraction of sp³-hybridized carbons (Fsp3) is 0.444. The van der Waals surface area contributed by atoms with Crippen LogP contribution in [0.5, 0.6) is 0 Å². The summed E-state index contributed by atoms with van der Waals surface area (Å²) < 4.78 is 45.5. The lowest BCUT2D eigenvalue weighted by molar-refractivity contribution is 0.0920. The minimum Gasteiger partial charge on any atom is -0.422 e. The van der Waals surface area contributed by atoms with Crippen LogP contribution in [0, 0.1) is 0 Å². The monoisotopic (exact) mass is 680 g/mol. The van der Waals surface area contributed by atoms with Crippen LogP contribution in [-0.4, -0.2) is 81.0 Å². The maximum Gasteiger partial charge on any atom is 0.349 e. The molecule has 0 saturated heterocycles. The predicted octanol–water partition coefficient (Wildman–Crippen LogP) is 5.16. The van der Waals surface area contributed by atoms with Crippen molar-refractivity contribution in [1.29, 1.82) is 0 Å². The van der Waals surface area contributed by atoms with Crippen molar-refractivity contribution in [1.82, 2.24) is 10.0 Å². The molecule has 12 heteroatoms. The van der Waals surface area contributed by atoms with E-state index in [1.54, 1.807) is 18.2 Å². The zero-order chi connectivity index (χ0) is 34.5. The number of carbonyl (C=O) groups is 1. The Labute approximate surface area is 283 Å². The third kappa shape index (κ3) is 9.79. The van der Waals surface area contributed by atoms with Crippen LogP contribution in [0.15, 0.2) is 74.8 Å². The summed E-state index contributed by atoms with van der Waals surface area (Å²) in [4.78, 5) is 29.5. The van der Waals surface area contributed by atoms with E-state index in [0.717, 1.165) is 42.7 Å². The summed E-state index contributed by atoms with van der Waals surface area (Å²) in [5.41, 5.74) is 1.72. The molecule has 0 fully saturated rings. The summed E-state index contributed by atoms with van der Waals surface area (Å²) in [6, 6.07) is 18.2. The second kappa shape index (κ2) is 18.0. The molecule has 1 heterocycles. The van der Waals surface area contributed by atoms with E-state index in [1.807, 2.05) is 61.5 Å². The number of sulfonamides is 1. The van der Waals surface area contributed by atoms with Crippen molar-refractivity contribution in [2.45, 2.75) is 44.4 Å². The topological polar surface area (TPSA) is 130 Å². The van der Waals surface area contributed by atoms with Crippen LogP contribution in [0.1, 0.15) is 49.9 Å². The number of nitrogens with zero attached hydrogens (tertiary/aromatic N) is 2. The summed E-state index contributed by atoms with van der Waals surface area (Å²) in [5, 5.41) is 5.05. The molecule has 1 amide bonds. The SMILES string of the molecule is CCN(CC)c1ccc2cc(C(=O)NCCCOCCCCOCCCNS(=O)(=O)c3cccc4c(N(C)C)cccc34)c(=O)oc2c1. The molecule has 260 valence electrons. The maximum atomic E-state index is 13.0. The van der Waals surface area contributed by atoms with Gasteiger partial charge in [-0.15, -0.1) is 0 Å². The van der Waals surface area contributed by atoms with Gasteiger partial charge in [-0.2, -0.15) is 0 Å². The number of fused-ring (bicyclic) bond motifs is 2. The normalized spacial score (nSPS) is 11.7. The van der Waals surface area contributed by atoms with Crippen molar-refractivity contribution in [2.24, 2.45) is 0 Å². The highest BCUT2D eigenvalue weighted by atomic mass is 32.2. The smallest absolute Gasteiger partial charge is 0.349 e. The van der Waals surface area contributed by atoms with E-state index in [1.165, 1.54) is 0 Å². The molecule has 0 atom stereocenters. The van der Waals surface area contributed by atoms with Gasteiger partial charge in [0.1, 0.15) is 11.1 Å². The van der Waals surface area contributed by atoms with Crippen molar-refractivity contribution in [3.8, 4) is 0 Å². The fourth-order valence-electron chi connectivity index (χ4n) is 5.47. The zero-order valence-electron chi connectivity index (χ0n) is 28.4. The molecule has 0 unspecified atom stereocenters. The molecule has 11 nitrogen and oxygen atoms in total. The first-order chi connectivity index (χ1) is 23.2. The molecule has 0 aliphatic carbocycles. The van der Waals surface area contributed by atoms with Gasteiger partial charge >= 0.3 is 5.63 Å². The predicted molar refractivity (Wildman–Crippen MR) is 192 cm³/mol. The number of hydrogen-bond donors (Lipinski definition) is 2. The van der Waals surface area contributed by atoms with Crippen LogP contribution >= 0.6 is 0 Å². The van der Waals surface area contributed by atoms with Gasteiger partial charge in [-0.1, -0.05) is 24.3 Å². The van der Waals surface area contributed by atoms with Gasteiger partial charge in [0, 0.05) is 100 Å². The number of hydrogen-bond acceptors (Lipinski definition) is 9. The van der Waals surface area contributed by atoms with E-state index >= 15 is 0 Å². The molecule has 0 spiro atoms. The third-order valence-corrected chi connectivity index (χ3v) is 9.58. The molecule has 0 radical (unpaired) electrons. The molecule has 4 aromatic rings. The molecule has 48 heavy (non-hydrogen) atoms. The molecule has 3 aromatic carbocycles. The first kappa shape index (κ1) is 36.9. The Morgan fingerprint density at radius 3 is 2.15 bits per heavy atom. The largest absolute Gasteiger partial charge is 0.422 e. The summed E-state index contributed by atoms with van der Waals surface area (Å²) in [6.45, 7) is 8.54. The molecule has 0 aliphatic rings. The number of unbranched alkanes of at least 4 members (excludes halogenated alkanes) is 1. The second-order valence-electron chi connectivity index (χ2n) is 11.7. The van der Waals surface area contributed by atoms with Gasteiger partial charge in [0.05, 0.1) is 4.90 Å². The summed E-state index contributed by atoms with van der Waals surface area (Å²) >= 11 is 0. The molecule has 2 N–H and O–H groups in total. The number of amides is 1. The van der Waals surface area contributed by atoms with Gasteiger partial charge in [0.25, 0.3) is 5.91 Å². The highest BCUT2D eigenvalue weighted by molar-refractivity contribution is 7.89. The van der Waals surface area contributed by atoms with Crippen molar-refractivity contribution in [3.05, 3.63) is 76.6 Å². The van der Waals surface area contributed by atoms with E-state index in [9.17, 15) is 18.0 Å². The van der Waals surface area contributed by atoms with Crippen molar-refractivity contribution in [2.75, 3.05) is 76.5 Å². The fourth-order valence-corrected chi connectivity index (χ4v) is 6.77. The van der Waals surface area contributed by atoms with Gasteiger partial charge in [0.2, 0.25) is 10.0 Å². The van der Waals surface area contributed by atoms with Gasteiger partial charge in [-0.25, -0.2) is 17.9 Å². The Kier molecular flexibility index (Phi) is 13.8. The Hall–Kier alpha value is -3.97. The maximum absolute atomic E-state index is 13.0. The van der Waals surface area contributed by atoms with E-state index in [2.05, 4.69) is 28.8 Å². The first-order valence-electron chi connectivity index (χ1n) is 16.6. The number of benzene rings is 3. The molecular weight excluding hydrogens is 632 g/mol. The molecule has 0 bridgehead atoms. The van der Waals surface area contributed by atoms with E-state index < -0.39 is 21.6 Å². The summed E-state index contributed by atoms with van der Waals surface area (Å²) in [6.07, 6.45) is 2.82. The molecule has 1 aromatic heterocycles. The number of rotatable bonds is 20. The van der Waals surface area contributed by atoms with Crippen LogP contribution in [0.25, 0.3) is 21.7 Å². The van der Waals surface area contributed by atoms with Crippen molar-refractivity contribution < 1.29 is 27.1 Å². The Morgan fingerprint density at radius 2 is 1.46 bits per heavy atom. The molecule has 0 saturated carbocycles. The van der Waals surface area contributed by atoms with Crippen LogP contribution in [-0.2, 0) is 19.5 Å². The van der Waals surface area contributed by atoms with Gasteiger partial charge in [-0.3, -0.25) is 4.79 Å². The Morgan fingerprint density at radius 1 is 0.812 bits per heavy atom. The average molecular weight is 681 g/mol. The average Bonchev–Trinajstić information content (AvgIpc) is 3.07. The zero-order valence-corrected chi connectivity index (χ0v) is 29.2. The minimum absolute atomic E-state index is 0.0139. The number of ether oxygens (including phenoxy) is 2. The van der Waals surface area contributed by atoms with E-state index in [0.29, 0.717) is 62.2 Å². The van der Waals surface area contributed by atoms with Crippen LogP contribution in [0.3, 0.4) is 0 Å². The van der Waals surface area contributed by atoms with Crippen molar-refractivity contribution >= 4 is 49.0 Å². The van der Waals surface area contributed by atoms with Crippen LogP contribution in [0.4, 0.5) is 11.4 Å². The number of nitrogens with one attached hydrogen (secondary N) is 2. The second-order valence-corrected chi connectivity index (χ2v) is 13.4. The van der Waals surface area contributed by atoms with Crippen molar-refractivity contribution in [3.63, 3.8) is 0 Å².